The first-order valence-corrected chi connectivity index (χ1v) is 9.38. The van der Waals surface area contributed by atoms with Crippen molar-refractivity contribution in [2.24, 2.45) is 0 Å². The van der Waals surface area contributed by atoms with Crippen molar-refractivity contribution in [2.75, 3.05) is 26.2 Å². The third-order valence-corrected chi connectivity index (χ3v) is 3.94. The lowest BCUT2D eigenvalue weighted by Crippen LogP contribution is -2.50. The van der Waals surface area contributed by atoms with E-state index in [4.69, 9.17) is 9.79 Å². The minimum atomic E-state index is -1.17. The van der Waals surface area contributed by atoms with Crippen LogP contribution in [0.25, 0.3) is 0 Å². The van der Waals surface area contributed by atoms with Crippen molar-refractivity contribution in [3.05, 3.63) is 0 Å². The molecular weight excluding hydrogens is 269 g/mol. The third kappa shape index (κ3) is 13.3. The predicted molar refractivity (Wildman–Crippen MR) is 89.9 cm³/mol. The molecule has 0 heterocycles. The van der Waals surface area contributed by atoms with Gasteiger partial charge in [0.2, 0.25) is 0 Å². The summed E-state index contributed by atoms with van der Waals surface area (Å²) in [6, 6.07) is 0. The molecule has 0 aromatic heterocycles. The molecule has 0 amide bonds. The van der Waals surface area contributed by atoms with Crippen molar-refractivity contribution in [3.63, 3.8) is 0 Å². The van der Waals surface area contributed by atoms with Gasteiger partial charge < -0.3 is 14.3 Å². The van der Waals surface area contributed by atoms with Gasteiger partial charge in [0.15, 0.2) is 0 Å². The van der Waals surface area contributed by atoms with Crippen molar-refractivity contribution in [2.45, 2.75) is 79.1 Å². The second kappa shape index (κ2) is 17.4. The summed E-state index contributed by atoms with van der Waals surface area (Å²) in [6.45, 7) is 15.0. The molecule has 124 valence electrons. The average molecular weight is 307 g/mol. The fourth-order valence-corrected chi connectivity index (χ4v) is 2.64. The molecule has 0 aliphatic heterocycles. The van der Waals surface area contributed by atoms with Crippen LogP contribution >= 0.6 is 9.03 Å². The van der Waals surface area contributed by atoms with Gasteiger partial charge in [-0.15, -0.1) is 0 Å². The summed E-state index contributed by atoms with van der Waals surface area (Å²) in [7, 11) is -1.17. The summed E-state index contributed by atoms with van der Waals surface area (Å²) in [5.41, 5.74) is 0. The third-order valence-electron chi connectivity index (χ3n) is 3.94. The van der Waals surface area contributed by atoms with Crippen molar-refractivity contribution in [1.82, 2.24) is 0 Å². The zero-order chi connectivity index (χ0) is 15.7. The Kier molecular flexibility index (Phi) is 19.6. The SMILES string of the molecule is CCCC[N+](CCCC)(CCCC)CCCC.[O-]PO. The maximum atomic E-state index is 8.51. The molecule has 0 bridgehead atoms. The lowest BCUT2D eigenvalue weighted by Gasteiger charge is -2.39. The van der Waals surface area contributed by atoms with E-state index in [0.717, 1.165) is 0 Å². The van der Waals surface area contributed by atoms with E-state index in [9.17, 15) is 0 Å². The fraction of sp³-hybridized carbons (Fsp3) is 1.00. The van der Waals surface area contributed by atoms with Crippen molar-refractivity contribution in [3.8, 4) is 0 Å². The van der Waals surface area contributed by atoms with Crippen LogP contribution in [0.4, 0.5) is 0 Å². The standard InChI is InChI=1S/C16H36N.H2O2P/c1-5-9-13-17(14-10-6-2,15-11-7-3)16-12-8-4;1-3-2/h5-16H2,1-4H3;1,3H/q+1;-1. The van der Waals surface area contributed by atoms with Crippen molar-refractivity contribution in [1.29, 1.82) is 0 Å². The Bertz CT molecular complexity index is 142. The van der Waals surface area contributed by atoms with Gasteiger partial charge in [-0.3, -0.25) is 0 Å². The predicted octanol–water partition coefficient (Wildman–Crippen LogP) is 3.85. The highest BCUT2D eigenvalue weighted by Crippen LogP contribution is 2.16. The van der Waals surface area contributed by atoms with E-state index in [0.29, 0.717) is 0 Å². The summed E-state index contributed by atoms with van der Waals surface area (Å²) in [6.07, 6.45) is 11.1. The lowest BCUT2D eigenvalue weighted by atomic mass is 10.1. The van der Waals surface area contributed by atoms with Gasteiger partial charge in [0.05, 0.1) is 26.2 Å². The highest BCUT2D eigenvalue weighted by molar-refractivity contribution is 7.22. The Morgan fingerprint density at radius 1 is 0.700 bits per heavy atom. The maximum Gasteiger partial charge on any atom is 0.0786 e. The molecule has 0 saturated carbocycles. The van der Waals surface area contributed by atoms with Crippen LogP contribution in [0.5, 0.6) is 0 Å². The summed E-state index contributed by atoms with van der Waals surface area (Å²) >= 11 is 0. The van der Waals surface area contributed by atoms with E-state index in [1.165, 1.54) is 82.0 Å². The first kappa shape index (κ1) is 22.6. The molecule has 0 aromatic carbocycles. The van der Waals surface area contributed by atoms with E-state index in [1.54, 1.807) is 0 Å². The number of hydrogen-bond acceptors (Lipinski definition) is 2. The molecule has 20 heavy (non-hydrogen) atoms. The highest BCUT2D eigenvalue weighted by Gasteiger charge is 2.24. The second-order valence-electron chi connectivity index (χ2n) is 5.74. The Hall–Kier alpha value is 0.310. The summed E-state index contributed by atoms with van der Waals surface area (Å²) in [4.78, 5) is 15.6. The Morgan fingerprint density at radius 2 is 0.900 bits per heavy atom. The van der Waals surface area contributed by atoms with E-state index in [-0.39, 0.29) is 0 Å². The van der Waals surface area contributed by atoms with Gasteiger partial charge in [-0.1, -0.05) is 62.4 Å². The van der Waals surface area contributed by atoms with Gasteiger partial charge in [-0.25, -0.2) is 0 Å². The summed E-state index contributed by atoms with van der Waals surface area (Å²) in [5.74, 6) is 0. The van der Waals surface area contributed by atoms with Crippen LogP contribution in [0.3, 0.4) is 0 Å². The first-order chi connectivity index (χ1) is 9.66. The first-order valence-electron chi connectivity index (χ1n) is 8.52. The molecule has 0 aliphatic carbocycles. The molecule has 0 radical (unpaired) electrons. The minimum absolute atomic E-state index is 1.17. The number of unbranched alkanes of at least 4 members (excludes halogenated alkanes) is 4. The van der Waals surface area contributed by atoms with Crippen LogP contribution < -0.4 is 4.89 Å². The molecule has 1 N–H and O–H groups in total. The van der Waals surface area contributed by atoms with Crippen LogP contribution in [0.15, 0.2) is 0 Å². The molecule has 1 unspecified atom stereocenters. The topological polar surface area (TPSA) is 43.3 Å². The van der Waals surface area contributed by atoms with Crippen molar-refractivity contribution < 1.29 is 14.3 Å². The van der Waals surface area contributed by atoms with Crippen LogP contribution in [0.2, 0.25) is 0 Å². The van der Waals surface area contributed by atoms with E-state index in [2.05, 4.69) is 27.7 Å². The molecule has 0 aliphatic rings. The van der Waals surface area contributed by atoms with Crippen LogP contribution in [-0.2, 0) is 0 Å². The number of quaternary nitrogens is 1. The lowest BCUT2D eigenvalue weighted by molar-refractivity contribution is -0.929. The summed E-state index contributed by atoms with van der Waals surface area (Å²) in [5, 5.41) is 0. The number of rotatable bonds is 12. The zero-order valence-corrected chi connectivity index (χ0v) is 15.3. The fourth-order valence-electron chi connectivity index (χ4n) is 2.64. The zero-order valence-electron chi connectivity index (χ0n) is 14.3. The molecular formula is C16H38NO2P. The molecule has 0 spiro atoms. The van der Waals surface area contributed by atoms with E-state index >= 15 is 0 Å². The Morgan fingerprint density at radius 3 is 1.05 bits per heavy atom. The molecule has 0 rings (SSSR count). The molecule has 0 aromatic rings. The van der Waals surface area contributed by atoms with Crippen molar-refractivity contribution >= 4 is 9.03 Å². The van der Waals surface area contributed by atoms with Gasteiger partial charge in [0, 0.05) is 0 Å². The van der Waals surface area contributed by atoms with Crippen LogP contribution in [0.1, 0.15) is 79.1 Å². The smallest absolute Gasteiger partial charge is 0.0786 e. The molecule has 4 heteroatoms. The largest absolute Gasteiger partial charge is 0.811 e. The van der Waals surface area contributed by atoms with Gasteiger partial charge in [0.25, 0.3) is 0 Å². The maximum absolute atomic E-state index is 8.51. The van der Waals surface area contributed by atoms with Gasteiger partial charge in [-0.05, 0) is 25.7 Å². The molecule has 1 atom stereocenters. The highest BCUT2D eigenvalue weighted by atomic mass is 31.1. The Labute approximate surface area is 129 Å². The minimum Gasteiger partial charge on any atom is -0.811 e. The van der Waals surface area contributed by atoms with Gasteiger partial charge in [0.1, 0.15) is 0 Å². The number of hydrogen-bond donors (Lipinski definition) is 1. The molecule has 0 fully saturated rings. The van der Waals surface area contributed by atoms with E-state index < -0.39 is 9.03 Å². The second-order valence-corrected chi connectivity index (χ2v) is 5.92. The van der Waals surface area contributed by atoms with Gasteiger partial charge >= 0.3 is 0 Å². The molecule has 0 saturated heterocycles. The van der Waals surface area contributed by atoms with Crippen LogP contribution in [-0.4, -0.2) is 35.6 Å². The van der Waals surface area contributed by atoms with Gasteiger partial charge in [-0.2, -0.15) is 0 Å². The normalized spacial score (nSPS) is 11.7. The van der Waals surface area contributed by atoms with Crippen LogP contribution in [0, 0.1) is 0 Å². The Balaban J connectivity index is 0. The van der Waals surface area contributed by atoms with E-state index in [1.807, 2.05) is 0 Å². The molecule has 3 nitrogen and oxygen atoms in total. The quantitative estimate of drug-likeness (QED) is 0.439. The average Bonchev–Trinajstić information content (AvgIpc) is 2.46. The number of nitrogens with zero attached hydrogens (tertiary/aromatic N) is 1. The monoisotopic (exact) mass is 307 g/mol. The summed E-state index contributed by atoms with van der Waals surface area (Å²) < 4.78 is 1.42.